The first-order chi connectivity index (χ1) is 9.27. The van der Waals surface area contributed by atoms with Gasteiger partial charge in [-0.15, -0.1) is 0 Å². The molecule has 1 atom stereocenters. The van der Waals surface area contributed by atoms with E-state index in [1.54, 1.807) is 12.1 Å². The van der Waals surface area contributed by atoms with Crippen molar-refractivity contribution in [3.8, 4) is 0 Å². The highest BCUT2D eigenvalue weighted by atomic mass is 16.6. The monoisotopic (exact) mass is 264 g/mol. The molecule has 1 aliphatic rings. The minimum absolute atomic E-state index is 0.213. The molecule has 0 aromatic heterocycles. The van der Waals surface area contributed by atoms with E-state index < -0.39 is 0 Å². The zero-order chi connectivity index (χ0) is 13.5. The molecule has 1 aliphatic heterocycles. The maximum Gasteiger partial charge on any atom is 0.272 e. The standard InChI is InChI=1S/C14H20N2O3/c17-16(18)14-6-2-1-5-13(14)7-8-15-10-12-4-3-9-19-11-12/h1-2,5-6,12,15H,3-4,7-11H2. The van der Waals surface area contributed by atoms with Gasteiger partial charge in [0, 0.05) is 24.8 Å². The molecule has 104 valence electrons. The van der Waals surface area contributed by atoms with Crippen molar-refractivity contribution in [1.82, 2.24) is 5.32 Å². The molecule has 0 bridgehead atoms. The molecular formula is C14H20N2O3. The van der Waals surface area contributed by atoms with E-state index >= 15 is 0 Å². The second-order valence-corrected chi connectivity index (χ2v) is 4.92. The molecule has 0 amide bonds. The van der Waals surface area contributed by atoms with E-state index in [1.165, 1.54) is 6.42 Å². The molecule has 1 heterocycles. The lowest BCUT2D eigenvalue weighted by molar-refractivity contribution is -0.385. The highest BCUT2D eigenvalue weighted by Gasteiger charge is 2.14. The van der Waals surface area contributed by atoms with Crippen molar-refractivity contribution in [1.29, 1.82) is 0 Å². The lowest BCUT2D eigenvalue weighted by Gasteiger charge is -2.22. The number of nitrogens with zero attached hydrogens (tertiary/aromatic N) is 1. The van der Waals surface area contributed by atoms with Crippen molar-refractivity contribution in [3.05, 3.63) is 39.9 Å². The molecule has 0 radical (unpaired) electrons. The number of nitro groups is 1. The number of para-hydroxylation sites is 1. The Hall–Kier alpha value is -1.46. The third kappa shape index (κ3) is 4.29. The first kappa shape index (κ1) is 14.0. The zero-order valence-corrected chi connectivity index (χ0v) is 11.0. The fraction of sp³-hybridized carbons (Fsp3) is 0.571. The van der Waals surface area contributed by atoms with Crippen LogP contribution in [0, 0.1) is 16.0 Å². The Morgan fingerprint density at radius 3 is 3.00 bits per heavy atom. The van der Waals surface area contributed by atoms with Crippen LogP contribution in [0.3, 0.4) is 0 Å². The van der Waals surface area contributed by atoms with Crippen LogP contribution < -0.4 is 5.32 Å². The van der Waals surface area contributed by atoms with Crippen LogP contribution in [0.5, 0.6) is 0 Å². The first-order valence-electron chi connectivity index (χ1n) is 6.78. The fourth-order valence-corrected chi connectivity index (χ4v) is 2.40. The Balaban J connectivity index is 1.74. The van der Waals surface area contributed by atoms with Gasteiger partial charge in [-0.1, -0.05) is 18.2 Å². The SMILES string of the molecule is O=[N+]([O-])c1ccccc1CCNCC1CCCOC1. The Morgan fingerprint density at radius 2 is 2.26 bits per heavy atom. The summed E-state index contributed by atoms with van der Waals surface area (Å²) >= 11 is 0. The fourth-order valence-electron chi connectivity index (χ4n) is 2.40. The molecular weight excluding hydrogens is 244 g/mol. The quantitative estimate of drug-likeness (QED) is 0.486. The predicted octanol–water partition coefficient (Wildman–Crippen LogP) is 2.15. The second-order valence-electron chi connectivity index (χ2n) is 4.92. The van der Waals surface area contributed by atoms with Crippen molar-refractivity contribution in [2.24, 2.45) is 5.92 Å². The average molecular weight is 264 g/mol. The van der Waals surface area contributed by atoms with Crippen molar-refractivity contribution < 1.29 is 9.66 Å². The van der Waals surface area contributed by atoms with Gasteiger partial charge in [0.25, 0.3) is 5.69 Å². The van der Waals surface area contributed by atoms with Gasteiger partial charge in [-0.2, -0.15) is 0 Å². The summed E-state index contributed by atoms with van der Waals surface area (Å²) in [4.78, 5) is 10.6. The molecule has 1 aromatic carbocycles. The summed E-state index contributed by atoms with van der Waals surface area (Å²) in [6, 6.07) is 6.93. The molecule has 0 aliphatic carbocycles. The van der Waals surface area contributed by atoms with E-state index in [9.17, 15) is 10.1 Å². The van der Waals surface area contributed by atoms with Gasteiger partial charge in [0.05, 0.1) is 11.5 Å². The van der Waals surface area contributed by atoms with Crippen LogP contribution in [-0.2, 0) is 11.2 Å². The summed E-state index contributed by atoms with van der Waals surface area (Å²) < 4.78 is 5.42. The van der Waals surface area contributed by atoms with E-state index in [0.29, 0.717) is 12.3 Å². The van der Waals surface area contributed by atoms with Crippen LogP contribution in [0.15, 0.2) is 24.3 Å². The van der Waals surface area contributed by atoms with E-state index in [0.717, 1.165) is 38.3 Å². The molecule has 5 heteroatoms. The van der Waals surface area contributed by atoms with Gasteiger partial charge in [-0.3, -0.25) is 10.1 Å². The zero-order valence-electron chi connectivity index (χ0n) is 11.0. The van der Waals surface area contributed by atoms with E-state index in [4.69, 9.17) is 4.74 Å². The maximum atomic E-state index is 10.9. The van der Waals surface area contributed by atoms with Crippen molar-refractivity contribution >= 4 is 5.69 Å². The molecule has 1 saturated heterocycles. The Bertz CT molecular complexity index is 417. The molecule has 0 spiro atoms. The number of ether oxygens (including phenoxy) is 1. The minimum Gasteiger partial charge on any atom is -0.381 e. The summed E-state index contributed by atoms with van der Waals surface area (Å²) in [7, 11) is 0. The summed E-state index contributed by atoms with van der Waals surface area (Å²) in [5.74, 6) is 0.583. The summed E-state index contributed by atoms with van der Waals surface area (Å²) in [5, 5.41) is 14.2. The lowest BCUT2D eigenvalue weighted by atomic mass is 10.0. The molecule has 0 saturated carbocycles. The van der Waals surface area contributed by atoms with E-state index in [2.05, 4.69) is 5.32 Å². The topological polar surface area (TPSA) is 64.4 Å². The van der Waals surface area contributed by atoms with Crippen molar-refractivity contribution in [3.63, 3.8) is 0 Å². The number of benzene rings is 1. The third-order valence-corrected chi connectivity index (χ3v) is 3.45. The van der Waals surface area contributed by atoms with Crippen LogP contribution in [-0.4, -0.2) is 31.2 Å². The van der Waals surface area contributed by atoms with E-state index in [1.807, 2.05) is 12.1 Å². The summed E-state index contributed by atoms with van der Waals surface area (Å²) in [5.41, 5.74) is 1.00. The van der Waals surface area contributed by atoms with E-state index in [-0.39, 0.29) is 10.6 Å². The average Bonchev–Trinajstić information content (AvgIpc) is 2.45. The van der Waals surface area contributed by atoms with Crippen LogP contribution in [0.4, 0.5) is 5.69 Å². The number of rotatable bonds is 6. The molecule has 1 aromatic rings. The summed E-state index contributed by atoms with van der Waals surface area (Å²) in [6.45, 7) is 3.41. The van der Waals surface area contributed by atoms with Crippen LogP contribution >= 0.6 is 0 Å². The maximum absolute atomic E-state index is 10.9. The van der Waals surface area contributed by atoms with Crippen LogP contribution in [0.1, 0.15) is 18.4 Å². The van der Waals surface area contributed by atoms with Crippen LogP contribution in [0.2, 0.25) is 0 Å². The Morgan fingerprint density at radius 1 is 1.42 bits per heavy atom. The molecule has 1 fully saturated rings. The normalized spacial score (nSPS) is 19.3. The highest BCUT2D eigenvalue weighted by Crippen LogP contribution is 2.17. The van der Waals surface area contributed by atoms with Gasteiger partial charge < -0.3 is 10.1 Å². The van der Waals surface area contributed by atoms with Gasteiger partial charge in [0.1, 0.15) is 0 Å². The number of nitro benzene ring substituents is 1. The summed E-state index contributed by atoms with van der Waals surface area (Å²) in [6.07, 6.45) is 3.03. The molecule has 2 rings (SSSR count). The third-order valence-electron chi connectivity index (χ3n) is 3.45. The van der Waals surface area contributed by atoms with Gasteiger partial charge in [-0.05, 0) is 31.7 Å². The molecule has 19 heavy (non-hydrogen) atoms. The van der Waals surface area contributed by atoms with Gasteiger partial charge >= 0.3 is 0 Å². The largest absolute Gasteiger partial charge is 0.381 e. The molecule has 5 nitrogen and oxygen atoms in total. The highest BCUT2D eigenvalue weighted by molar-refractivity contribution is 5.39. The van der Waals surface area contributed by atoms with Crippen molar-refractivity contribution in [2.75, 3.05) is 26.3 Å². The van der Waals surface area contributed by atoms with Crippen LogP contribution in [0.25, 0.3) is 0 Å². The van der Waals surface area contributed by atoms with Crippen molar-refractivity contribution in [2.45, 2.75) is 19.3 Å². The number of nitrogens with one attached hydrogen (secondary N) is 1. The first-order valence-corrected chi connectivity index (χ1v) is 6.78. The Kier molecular flexibility index (Phi) is 5.30. The lowest BCUT2D eigenvalue weighted by Crippen LogP contribution is -2.30. The number of hydrogen-bond donors (Lipinski definition) is 1. The van der Waals surface area contributed by atoms with Gasteiger partial charge in [0.15, 0.2) is 0 Å². The molecule has 1 unspecified atom stereocenters. The predicted molar refractivity (Wildman–Crippen MR) is 73.2 cm³/mol. The van der Waals surface area contributed by atoms with Gasteiger partial charge in [-0.25, -0.2) is 0 Å². The van der Waals surface area contributed by atoms with Gasteiger partial charge in [0.2, 0.25) is 0 Å². The smallest absolute Gasteiger partial charge is 0.272 e. The Labute approximate surface area is 113 Å². The number of hydrogen-bond acceptors (Lipinski definition) is 4. The second kappa shape index (κ2) is 7.21. The minimum atomic E-state index is -0.315. The molecule has 1 N–H and O–H groups in total.